The predicted molar refractivity (Wildman–Crippen MR) is 57.7 cm³/mol. The van der Waals surface area contributed by atoms with Crippen LogP contribution in [0.1, 0.15) is 19.8 Å². The number of hydrogen-bond acceptors (Lipinski definition) is 3. The summed E-state index contributed by atoms with van der Waals surface area (Å²) in [4.78, 5) is 16.1. The van der Waals surface area contributed by atoms with Gasteiger partial charge in [0.05, 0.1) is 19.3 Å². The van der Waals surface area contributed by atoms with Gasteiger partial charge in [-0.2, -0.15) is 0 Å². The Balaban J connectivity index is 1.78. The van der Waals surface area contributed by atoms with Crippen molar-refractivity contribution in [1.82, 2.24) is 9.80 Å². The lowest BCUT2D eigenvalue weighted by Crippen LogP contribution is -2.47. The second-order valence-electron chi connectivity index (χ2n) is 4.50. The van der Waals surface area contributed by atoms with Crippen LogP contribution < -0.4 is 0 Å². The number of carbonyl (C=O) groups is 1. The number of amides is 1. The molecule has 0 spiro atoms. The molecule has 2 saturated heterocycles. The first kappa shape index (κ1) is 10.9. The Morgan fingerprint density at radius 3 is 2.73 bits per heavy atom. The quantitative estimate of drug-likeness (QED) is 0.661. The van der Waals surface area contributed by atoms with Crippen LogP contribution in [0.4, 0.5) is 0 Å². The van der Waals surface area contributed by atoms with Crippen molar-refractivity contribution in [2.45, 2.75) is 25.9 Å². The maximum Gasteiger partial charge on any atom is 0.236 e. The van der Waals surface area contributed by atoms with E-state index in [0.717, 1.165) is 26.2 Å². The highest BCUT2D eigenvalue weighted by molar-refractivity contribution is 5.78. The van der Waals surface area contributed by atoms with Crippen molar-refractivity contribution in [2.24, 2.45) is 0 Å². The Labute approximate surface area is 91.2 Å². The molecule has 2 aliphatic rings. The minimum absolute atomic E-state index is 0.196. The van der Waals surface area contributed by atoms with Crippen LogP contribution >= 0.6 is 0 Å². The van der Waals surface area contributed by atoms with Crippen molar-refractivity contribution in [2.75, 3.05) is 39.3 Å². The molecule has 0 aromatic rings. The molecule has 0 aliphatic carbocycles. The molecule has 1 amide bonds. The molecular weight excluding hydrogens is 192 g/mol. The zero-order chi connectivity index (χ0) is 10.7. The van der Waals surface area contributed by atoms with Gasteiger partial charge in [-0.05, 0) is 32.9 Å². The third-order valence-electron chi connectivity index (χ3n) is 3.15. The van der Waals surface area contributed by atoms with Crippen molar-refractivity contribution >= 4 is 5.91 Å². The molecule has 4 nitrogen and oxygen atoms in total. The summed E-state index contributed by atoms with van der Waals surface area (Å²) in [5.74, 6) is 0.270. The normalized spacial score (nSPS) is 28.3. The fraction of sp³-hybridized carbons (Fsp3) is 0.909. The first-order valence-corrected chi connectivity index (χ1v) is 5.87. The summed E-state index contributed by atoms with van der Waals surface area (Å²) in [6.07, 6.45) is 2.68. The van der Waals surface area contributed by atoms with E-state index in [1.54, 1.807) is 0 Å². The highest BCUT2D eigenvalue weighted by atomic mass is 16.5. The molecule has 2 fully saturated rings. The molecule has 86 valence electrons. The summed E-state index contributed by atoms with van der Waals surface area (Å²) in [7, 11) is 0. The van der Waals surface area contributed by atoms with E-state index in [2.05, 4.69) is 4.90 Å². The number of nitrogens with zero attached hydrogens (tertiary/aromatic N) is 2. The van der Waals surface area contributed by atoms with Crippen molar-refractivity contribution in [1.29, 1.82) is 0 Å². The summed E-state index contributed by atoms with van der Waals surface area (Å²) < 4.78 is 5.42. The highest BCUT2D eigenvalue weighted by Gasteiger charge is 2.23. The Kier molecular flexibility index (Phi) is 3.59. The smallest absolute Gasteiger partial charge is 0.236 e. The molecule has 0 unspecified atom stereocenters. The zero-order valence-electron chi connectivity index (χ0n) is 9.45. The number of rotatable bonds is 2. The van der Waals surface area contributed by atoms with Gasteiger partial charge >= 0.3 is 0 Å². The van der Waals surface area contributed by atoms with Gasteiger partial charge in [-0.25, -0.2) is 0 Å². The van der Waals surface area contributed by atoms with E-state index >= 15 is 0 Å². The van der Waals surface area contributed by atoms with Gasteiger partial charge in [-0.1, -0.05) is 0 Å². The largest absolute Gasteiger partial charge is 0.375 e. The lowest BCUT2D eigenvalue weighted by molar-refractivity contribution is -0.139. The first-order valence-electron chi connectivity index (χ1n) is 5.87. The van der Waals surface area contributed by atoms with Crippen LogP contribution in [0, 0.1) is 0 Å². The summed E-state index contributed by atoms with van der Waals surface area (Å²) in [6, 6.07) is 0. The highest BCUT2D eigenvalue weighted by Crippen LogP contribution is 2.09. The average molecular weight is 212 g/mol. The van der Waals surface area contributed by atoms with Crippen LogP contribution in [-0.2, 0) is 9.53 Å². The van der Waals surface area contributed by atoms with Gasteiger partial charge < -0.3 is 9.64 Å². The molecule has 0 radical (unpaired) electrons. The maximum absolute atomic E-state index is 11.9. The predicted octanol–water partition coefficient (Wildman–Crippen LogP) is 0.329. The van der Waals surface area contributed by atoms with Gasteiger partial charge in [0.15, 0.2) is 0 Å². The second kappa shape index (κ2) is 4.94. The van der Waals surface area contributed by atoms with Crippen LogP contribution in [0.15, 0.2) is 0 Å². The summed E-state index contributed by atoms with van der Waals surface area (Å²) >= 11 is 0. The topological polar surface area (TPSA) is 32.8 Å². The van der Waals surface area contributed by atoms with E-state index in [-0.39, 0.29) is 12.0 Å². The lowest BCUT2D eigenvalue weighted by atomic mass is 10.3. The van der Waals surface area contributed by atoms with Crippen LogP contribution in [0.25, 0.3) is 0 Å². The third-order valence-corrected chi connectivity index (χ3v) is 3.15. The van der Waals surface area contributed by atoms with Crippen LogP contribution in [0.3, 0.4) is 0 Å². The van der Waals surface area contributed by atoms with E-state index in [9.17, 15) is 4.79 Å². The SMILES string of the molecule is C[C@@H]1CN(C(=O)CN2CCCC2)CCO1. The third kappa shape index (κ3) is 2.92. The van der Waals surface area contributed by atoms with Crippen molar-refractivity contribution in [3.63, 3.8) is 0 Å². The summed E-state index contributed by atoms with van der Waals surface area (Å²) in [5.41, 5.74) is 0. The molecule has 0 bridgehead atoms. The fourth-order valence-electron chi connectivity index (χ4n) is 2.28. The lowest BCUT2D eigenvalue weighted by Gasteiger charge is -2.32. The molecule has 0 saturated carbocycles. The fourth-order valence-corrected chi connectivity index (χ4v) is 2.28. The first-order chi connectivity index (χ1) is 7.25. The van der Waals surface area contributed by atoms with Crippen molar-refractivity contribution < 1.29 is 9.53 Å². The van der Waals surface area contributed by atoms with Gasteiger partial charge in [0.1, 0.15) is 0 Å². The van der Waals surface area contributed by atoms with Gasteiger partial charge in [0.2, 0.25) is 5.91 Å². The molecule has 15 heavy (non-hydrogen) atoms. The molecule has 1 atom stereocenters. The zero-order valence-corrected chi connectivity index (χ0v) is 9.45. The number of carbonyl (C=O) groups excluding carboxylic acids is 1. The minimum Gasteiger partial charge on any atom is -0.375 e. The summed E-state index contributed by atoms with van der Waals surface area (Å²) in [5, 5.41) is 0. The van der Waals surface area contributed by atoms with Crippen LogP contribution in [0.2, 0.25) is 0 Å². The van der Waals surface area contributed by atoms with E-state index in [1.807, 2.05) is 11.8 Å². The van der Waals surface area contributed by atoms with Gasteiger partial charge in [-0.3, -0.25) is 9.69 Å². The molecule has 0 aromatic carbocycles. The van der Waals surface area contributed by atoms with Gasteiger partial charge in [-0.15, -0.1) is 0 Å². The molecule has 4 heteroatoms. The Bertz CT molecular complexity index is 227. The molecule has 0 N–H and O–H groups in total. The Morgan fingerprint density at radius 2 is 2.07 bits per heavy atom. The number of likely N-dealkylation sites (tertiary alicyclic amines) is 1. The van der Waals surface area contributed by atoms with Gasteiger partial charge in [0.25, 0.3) is 0 Å². The number of hydrogen-bond donors (Lipinski definition) is 0. The summed E-state index contributed by atoms with van der Waals surface area (Å²) in [6.45, 7) is 7.01. The molecular formula is C11H20N2O2. The molecule has 2 rings (SSSR count). The van der Waals surface area contributed by atoms with Crippen molar-refractivity contribution in [3.05, 3.63) is 0 Å². The minimum atomic E-state index is 0.196. The monoisotopic (exact) mass is 212 g/mol. The van der Waals surface area contributed by atoms with E-state index in [4.69, 9.17) is 4.74 Å². The van der Waals surface area contributed by atoms with Crippen LogP contribution in [0.5, 0.6) is 0 Å². The van der Waals surface area contributed by atoms with Crippen molar-refractivity contribution in [3.8, 4) is 0 Å². The van der Waals surface area contributed by atoms with Crippen LogP contribution in [-0.4, -0.2) is 61.1 Å². The number of ether oxygens (including phenoxy) is 1. The second-order valence-corrected chi connectivity index (χ2v) is 4.50. The molecule has 2 aliphatic heterocycles. The van der Waals surface area contributed by atoms with E-state index in [1.165, 1.54) is 12.8 Å². The Hall–Kier alpha value is -0.610. The van der Waals surface area contributed by atoms with E-state index < -0.39 is 0 Å². The number of morpholine rings is 1. The molecule has 0 aromatic heterocycles. The molecule has 2 heterocycles. The van der Waals surface area contributed by atoms with E-state index in [0.29, 0.717) is 13.2 Å². The Morgan fingerprint density at radius 1 is 1.33 bits per heavy atom. The average Bonchev–Trinajstić information content (AvgIpc) is 2.70. The van der Waals surface area contributed by atoms with Gasteiger partial charge in [0, 0.05) is 13.1 Å². The standard InChI is InChI=1S/C11H20N2O2/c1-10-8-13(6-7-15-10)11(14)9-12-4-2-3-5-12/h10H,2-9H2,1H3/t10-/m1/s1. The maximum atomic E-state index is 11.9.